The van der Waals surface area contributed by atoms with Crippen molar-refractivity contribution in [2.45, 2.75) is 25.9 Å². The zero-order valence-electron chi connectivity index (χ0n) is 8.22. The van der Waals surface area contributed by atoms with Crippen LogP contribution < -0.4 is 5.73 Å². The summed E-state index contributed by atoms with van der Waals surface area (Å²) in [5, 5.41) is 4.00. The molecular weight excluding hydrogens is 182 g/mol. The maximum atomic E-state index is 11.1. The molecule has 2 N–H and O–H groups in total. The summed E-state index contributed by atoms with van der Waals surface area (Å²) in [5.41, 5.74) is 5.60. The number of rotatable bonds is 5. The van der Waals surface area contributed by atoms with Crippen LogP contribution in [0.3, 0.4) is 0 Å². The minimum absolute atomic E-state index is 0.348. The summed E-state index contributed by atoms with van der Waals surface area (Å²) in [7, 11) is 0. The predicted octanol–water partition coefficient (Wildman–Crippen LogP) is 0.164. The summed E-state index contributed by atoms with van der Waals surface area (Å²) < 4.78 is 6.52. The molecule has 0 saturated carbocycles. The molecule has 0 spiro atoms. The average molecular weight is 197 g/mol. The molecule has 0 aliphatic carbocycles. The van der Waals surface area contributed by atoms with Crippen LogP contribution in [0.4, 0.5) is 0 Å². The van der Waals surface area contributed by atoms with Crippen molar-refractivity contribution in [1.29, 1.82) is 0 Å². The van der Waals surface area contributed by atoms with Gasteiger partial charge in [0.2, 0.25) is 0 Å². The second kappa shape index (κ2) is 5.39. The lowest BCUT2D eigenvalue weighted by Gasteiger charge is -2.09. The van der Waals surface area contributed by atoms with Gasteiger partial charge in [-0.2, -0.15) is 5.10 Å². The second-order valence-corrected chi connectivity index (χ2v) is 2.92. The van der Waals surface area contributed by atoms with E-state index in [1.165, 1.54) is 0 Å². The number of nitrogens with two attached hydrogens (primary N) is 1. The van der Waals surface area contributed by atoms with Gasteiger partial charge < -0.3 is 10.5 Å². The van der Waals surface area contributed by atoms with E-state index in [2.05, 4.69) is 5.10 Å². The van der Waals surface area contributed by atoms with Crippen molar-refractivity contribution in [2.75, 3.05) is 6.61 Å². The number of hydrogen-bond donors (Lipinski definition) is 1. The Hall–Kier alpha value is -1.36. The minimum atomic E-state index is -0.556. The highest BCUT2D eigenvalue weighted by Crippen LogP contribution is 1.96. The van der Waals surface area contributed by atoms with Gasteiger partial charge in [-0.3, -0.25) is 9.48 Å². The molecule has 0 aromatic carbocycles. The Balaban J connectivity index is 2.27. The van der Waals surface area contributed by atoms with Crippen LogP contribution in [0.1, 0.15) is 13.3 Å². The summed E-state index contributed by atoms with van der Waals surface area (Å²) in [6.45, 7) is 2.76. The first-order chi connectivity index (χ1) is 6.74. The number of carbonyl (C=O) groups is 1. The van der Waals surface area contributed by atoms with E-state index in [9.17, 15) is 4.79 Å². The van der Waals surface area contributed by atoms with Gasteiger partial charge in [0.1, 0.15) is 6.04 Å². The Morgan fingerprint density at radius 1 is 1.71 bits per heavy atom. The van der Waals surface area contributed by atoms with Crippen LogP contribution in [0.5, 0.6) is 0 Å². The molecule has 1 aromatic rings. The van der Waals surface area contributed by atoms with E-state index in [0.717, 1.165) is 0 Å². The van der Waals surface area contributed by atoms with Gasteiger partial charge in [0.15, 0.2) is 0 Å². The van der Waals surface area contributed by atoms with E-state index in [-0.39, 0.29) is 5.97 Å². The molecule has 0 bridgehead atoms. The maximum Gasteiger partial charge on any atom is 0.322 e. The molecule has 78 valence electrons. The second-order valence-electron chi connectivity index (χ2n) is 2.92. The molecule has 0 aliphatic heterocycles. The Morgan fingerprint density at radius 2 is 2.50 bits per heavy atom. The van der Waals surface area contributed by atoms with Crippen molar-refractivity contribution >= 4 is 5.97 Å². The third-order valence-electron chi connectivity index (χ3n) is 1.82. The van der Waals surface area contributed by atoms with Crippen LogP contribution in [0.25, 0.3) is 0 Å². The Morgan fingerprint density at radius 3 is 3.07 bits per heavy atom. The lowest BCUT2D eigenvalue weighted by molar-refractivity contribution is -0.144. The first kappa shape index (κ1) is 10.7. The lowest BCUT2D eigenvalue weighted by atomic mass is 10.2. The number of aryl methyl sites for hydroxylation is 1. The summed E-state index contributed by atoms with van der Waals surface area (Å²) in [6, 6.07) is 1.27. The number of esters is 1. The molecule has 1 heterocycles. The number of carbonyl (C=O) groups excluding carboxylic acids is 1. The highest BCUT2D eigenvalue weighted by molar-refractivity contribution is 5.75. The first-order valence-corrected chi connectivity index (χ1v) is 4.63. The van der Waals surface area contributed by atoms with Gasteiger partial charge >= 0.3 is 5.97 Å². The third-order valence-corrected chi connectivity index (χ3v) is 1.82. The standard InChI is InChI=1S/C9H15N3O2/c1-2-14-9(13)8(10)4-7-12-6-3-5-11-12/h3,5-6,8H,2,4,7,10H2,1H3. The molecule has 0 amide bonds. The molecule has 5 nitrogen and oxygen atoms in total. The van der Waals surface area contributed by atoms with Crippen molar-refractivity contribution in [3.8, 4) is 0 Å². The van der Waals surface area contributed by atoms with Gasteiger partial charge in [0.05, 0.1) is 6.61 Å². The summed E-state index contributed by atoms with van der Waals surface area (Å²) >= 11 is 0. The van der Waals surface area contributed by atoms with E-state index in [1.807, 2.05) is 12.3 Å². The van der Waals surface area contributed by atoms with Crippen LogP contribution in [-0.2, 0) is 16.1 Å². The Bertz CT molecular complexity index is 272. The zero-order chi connectivity index (χ0) is 10.4. The average Bonchev–Trinajstić information content (AvgIpc) is 2.67. The summed E-state index contributed by atoms with van der Waals surface area (Å²) in [4.78, 5) is 11.1. The largest absolute Gasteiger partial charge is 0.465 e. The van der Waals surface area contributed by atoms with Crippen LogP contribution in [0.15, 0.2) is 18.5 Å². The molecule has 0 fully saturated rings. The third kappa shape index (κ3) is 3.18. The van der Waals surface area contributed by atoms with E-state index in [4.69, 9.17) is 10.5 Å². The fourth-order valence-electron chi connectivity index (χ4n) is 1.07. The minimum Gasteiger partial charge on any atom is -0.465 e. The highest BCUT2D eigenvalue weighted by Gasteiger charge is 2.13. The fraction of sp³-hybridized carbons (Fsp3) is 0.556. The molecule has 1 aromatic heterocycles. The topological polar surface area (TPSA) is 70.1 Å². The zero-order valence-corrected chi connectivity index (χ0v) is 8.22. The summed E-state index contributed by atoms with van der Waals surface area (Å²) in [5.74, 6) is -0.348. The molecular formula is C9H15N3O2. The maximum absolute atomic E-state index is 11.1. The molecule has 1 atom stereocenters. The molecule has 0 saturated heterocycles. The molecule has 1 rings (SSSR count). The van der Waals surface area contributed by atoms with Crippen molar-refractivity contribution < 1.29 is 9.53 Å². The van der Waals surface area contributed by atoms with Crippen LogP contribution >= 0.6 is 0 Å². The van der Waals surface area contributed by atoms with Gasteiger partial charge in [0.25, 0.3) is 0 Å². The van der Waals surface area contributed by atoms with Gasteiger partial charge in [-0.25, -0.2) is 0 Å². The van der Waals surface area contributed by atoms with E-state index in [1.54, 1.807) is 17.8 Å². The number of ether oxygens (including phenoxy) is 1. The highest BCUT2D eigenvalue weighted by atomic mass is 16.5. The first-order valence-electron chi connectivity index (χ1n) is 4.63. The van der Waals surface area contributed by atoms with Gasteiger partial charge in [-0.15, -0.1) is 0 Å². The van der Waals surface area contributed by atoms with Crippen LogP contribution in [0, 0.1) is 0 Å². The smallest absolute Gasteiger partial charge is 0.322 e. The molecule has 14 heavy (non-hydrogen) atoms. The van der Waals surface area contributed by atoms with Crippen LogP contribution in [-0.4, -0.2) is 28.4 Å². The van der Waals surface area contributed by atoms with Gasteiger partial charge in [-0.1, -0.05) is 0 Å². The number of nitrogens with zero attached hydrogens (tertiary/aromatic N) is 2. The normalized spacial score (nSPS) is 12.4. The monoisotopic (exact) mass is 197 g/mol. The fourth-order valence-corrected chi connectivity index (χ4v) is 1.07. The molecule has 0 aliphatic rings. The van der Waals surface area contributed by atoms with E-state index < -0.39 is 6.04 Å². The number of aromatic nitrogens is 2. The van der Waals surface area contributed by atoms with Crippen molar-refractivity contribution in [3.05, 3.63) is 18.5 Å². The van der Waals surface area contributed by atoms with E-state index in [0.29, 0.717) is 19.6 Å². The van der Waals surface area contributed by atoms with Crippen molar-refractivity contribution in [1.82, 2.24) is 9.78 Å². The summed E-state index contributed by atoms with van der Waals surface area (Å²) in [6.07, 6.45) is 4.06. The van der Waals surface area contributed by atoms with Crippen molar-refractivity contribution in [2.24, 2.45) is 5.73 Å². The van der Waals surface area contributed by atoms with Crippen molar-refractivity contribution in [3.63, 3.8) is 0 Å². The van der Waals surface area contributed by atoms with Gasteiger partial charge in [0, 0.05) is 18.9 Å². The molecule has 1 unspecified atom stereocenters. The SMILES string of the molecule is CCOC(=O)C(N)CCn1cccn1. The predicted molar refractivity (Wildman–Crippen MR) is 51.5 cm³/mol. The Kier molecular flexibility index (Phi) is 4.12. The van der Waals surface area contributed by atoms with Crippen LogP contribution in [0.2, 0.25) is 0 Å². The Labute approximate surface area is 82.8 Å². The lowest BCUT2D eigenvalue weighted by Crippen LogP contribution is -2.33. The number of hydrogen-bond acceptors (Lipinski definition) is 4. The van der Waals surface area contributed by atoms with Gasteiger partial charge in [-0.05, 0) is 19.4 Å². The van der Waals surface area contributed by atoms with E-state index >= 15 is 0 Å². The molecule has 5 heteroatoms. The quantitative estimate of drug-likeness (QED) is 0.683. The molecule has 0 radical (unpaired) electrons.